The largest absolute Gasteiger partial charge is 0.494 e. The first-order valence-corrected chi connectivity index (χ1v) is 11.6. The lowest BCUT2D eigenvalue weighted by atomic mass is 9.70. The zero-order chi connectivity index (χ0) is 21.7. The summed E-state index contributed by atoms with van der Waals surface area (Å²) >= 11 is 0. The van der Waals surface area contributed by atoms with Crippen molar-refractivity contribution >= 4 is 17.8 Å². The van der Waals surface area contributed by atoms with E-state index in [0.717, 1.165) is 18.2 Å². The fourth-order valence-corrected chi connectivity index (χ4v) is 5.25. The van der Waals surface area contributed by atoms with Crippen LogP contribution in [0.1, 0.15) is 70.6 Å². The molecule has 1 aliphatic carbocycles. The van der Waals surface area contributed by atoms with E-state index in [9.17, 15) is 0 Å². The molecule has 2 nitrogen and oxygen atoms in total. The normalized spacial score (nSPS) is 21.0. The molecule has 0 aliphatic heterocycles. The molecule has 0 amide bonds. The number of rotatable bonds is 7. The molecule has 0 radical (unpaired) electrons. The Kier molecular flexibility index (Phi) is 7.28. The van der Waals surface area contributed by atoms with Crippen molar-refractivity contribution < 1.29 is 4.74 Å². The molecule has 1 fully saturated rings. The highest BCUT2D eigenvalue weighted by Crippen LogP contribution is 2.41. The standard InChI is InChI=1S/C28H39NO/c1-7-29(26-17-21(3)19-28(5,6)20-26)25-14-11-23(12-15-25)9-10-24-13-16-27(30-8-2)22(4)18-24/h9-16,18,21,26H,7-8,17,19-20H2,1-6H3. The Bertz CT molecular complexity index is 849. The second kappa shape index (κ2) is 9.73. The van der Waals surface area contributed by atoms with Gasteiger partial charge in [0.25, 0.3) is 0 Å². The SMILES string of the molecule is CCOc1ccc(C=Cc2ccc(N(CC)C3CC(C)CC(C)(C)C3)cc2)cc1C. The van der Waals surface area contributed by atoms with Gasteiger partial charge in [-0.05, 0) is 92.3 Å². The van der Waals surface area contributed by atoms with E-state index in [0.29, 0.717) is 18.1 Å². The van der Waals surface area contributed by atoms with Gasteiger partial charge in [-0.2, -0.15) is 0 Å². The average molecular weight is 406 g/mol. The summed E-state index contributed by atoms with van der Waals surface area (Å²) in [6, 6.07) is 16.1. The summed E-state index contributed by atoms with van der Waals surface area (Å²) in [5.41, 5.74) is 5.40. The molecule has 2 aromatic rings. The fraction of sp³-hybridized carbons (Fsp3) is 0.500. The van der Waals surface area contributed by atoms with Crippen LogP contribution in [-0.2, 0) is 0 Å². The summed E-state index contributed by atoms with van der Waals surface area (Å²) in [7, 11) is 0. The lowest BCUT2D eigenvalue weighted by Crippen LogP contribution is -2.43. The third-order valence-electron chi connectivity index (χ3n) is 6.34. The van der Waals surface area contributed by atoms with Crippen molar-refractivity contribution in [1.82, 2.24) is 0 Å². The highest BCUT2D eigenvalue weighted by molar-refractivity contribution is 5.71. The minimum Gasteiger partial charge on any atom is -0.494 e. The fourth-order valence-electron chi connectivity index (χ4n) is 5.25. The van der Waals surface area contributed by atoms with Crippen molar-refractivity contribution in [1.29, 1.82) is 0 Å². The number of hydrogen-bond donors (Lipinski definition) is 0. The molecule has 1 aliphatic rings. The number of anilines is 1. The third kappa shape index (κ3) is 5.68. The molecule has 1 saturated carbocycles. The number of ether oxygens (including phenoxy) is 1. The number of aryl methyl sites for hydroxylation is 1. The lowest BCUT2D eigenvalue weighted by Gasteiger charge is -2.44. The van der Waals surface area contributed by atoms with Gasteiger partial charge in [-0.1, -0.05) is 51.1 Å². The van der Waals surface area contributed by atoms with E-state index in [4.69, 9.17) is 4.74 Å². The second-order valence-corrected chi connectivity index (χ2v) is 9.74. The summed E-state index contributed by atoms with van der Waals surface area (Å²) < 4.78 is 5.64. The molecule has 2 unspecified atom stereocenters. The Labute approximate surface area is 184 Å². The first-order chi connectivity index (χ1) is 14.3. The van der Waals surface area contributed by atoms with Gasteiger partial charge in [-0.25, -0.2) is 0 Å². The summed E-state index contributed by atoms with van der Waals surface area (Å²) in [5.74, 6) is 1.77. The molecular formula is C28H39NO. The zero-order valence-corrected chi connectivity index (χ0v) is 19.7. The van der Waals surface area contributed by atoms with Crippen molar-refractivity contribution in [2.75, 3.05) is 18.1 Å². The average Bonchev–Trinajstić information content (AvgIpc) is 2.68. The van der Waals surface area contributed by atoms with Crippen LogP contribution in [0.3, 0.4) is 0 Å². The first-order valence-electron chi connectivity index (χ1n) is 11.6. The van der Waals surface area contributed by atoms with Gasteiger partial charge in [-0.15, -0.1) is 0 Å². The predicted molar refractivity (Wildman–Crippen MR) is 131 cm³/mol. The van der Waals surface area contributed by atoms with Crippen LogP contribution in [0.4, 0.5) is 5.69 Å². The third-order valence-corrected chi connectivity index (χ3v) is 6.34. The van der Waals surface area contributed by atoms with Gasteiger partial charge in [0.15, 0.2) is 0 Å². The van der Waals surface area contributed by atoms with Crippen LogP contribution >= 0.6 is 0 Å². The molecule has 30 heavy (non-hydrogen) atoms. The molecular weight excluding hydrogens is 366 g/mol. The Morgan fingerprint density at radius 3 is 2.27 bits per heavy atom. The topological polar surface area (TPSA) is 12.5 Å². The molecule has 162 valence electrons. The molecule has 0 heterocycles. The van der Waals surface area contributed by atoms with Gasteiger partial charge in [-0.3, -0.25) is 0 Å². The summed E-state index contributed by atoms with van der Waals surface area (Å²) in [4.78, 5) is 2.61. The molecule has 0 saturated heterocycles. The first kappa shape index (κ1) is 22.5. The van der Waals surface area contributed by atoms with Crippen molar-refractivity contribution in [2.45, 2.75) is 66.8 Å². The van der Waals surface area contributed by atoms with Gasteiger partial charge in [0.1, 0.15) is 5.75 Å². The summed E-state index contributed by atoms with van der Waals surface area (Å²) in [5, 5.41) is 0. The minimum absolute atomic E-state index is 0.439. The number of nitrogens with zero attached hydrogens (tertiary/aromatic N) is 1. The Morgan fingerprint density at radius 1 is 1.00 bits per heavy atom. The van der Waals surface area contributed by atoms with E-state index in [1.807, 2.05) is 6.92 Å². The Balaban J connectivity index is 1.70. The molecule has 0 N–H and O–H groups in total. The van der Waals surface area contributed by atoms with Gasteiger partial charge in [0.2, 0.25) is 0 Å². The van der Waals surface area contributed by atoms with E-state index < -0.39 is 0 Å². The van der Waals surface area contributed by atoms with Crippen LogP contribution in [-0.4, -0.2) is 19.2 Å². The highest BCUT2D eigenvalue weighted by atomic mass is 16.5. The maximum Gasteiger partial charge on any atom is 0.122 e. The van der Waals surface area contributed by atoms with E-state index in [1.165, 1.54) is 41.6 Å². The molecule has 2 heteroatoms. The van der Waals surface area contributed by atoms with Crippen molar-refractivity contribution in [2.24, 2.45) is 11.3 Å². The summed E-state index contributed by atoms with van der Waals surface area (Å²) in [6.07, 6.45) is 8.30. The molecule has 2 atom stereocenters. The van der Waals surface area contributed by atoms with Gasteiger partial charge in [0, 0.05) is 18.3 Å². The minimum atomic E-state index is 0.439. The van der Waals surface area contributed by atoms with Crippen molar-refractivity contribution in [3.63, 3.8) is 0 Å². The van der Waals surface area contributed by atoms with Crippen LogP contribution in [0.15, 0.2) is 42.5 Å². The predicted octanol–water partition coefficient (Wildman–Crippen LogP) is 7.61. The quantitative estimate of drug-likeness (QED) is 0.440. The Hall–Kier alpha value is -2.22. The molecule has 0 aromatic heterocycles. The summed E-state index contributed by atoms with van der Waals surface area (Å²) in [6.45, 7) is 15.4. The zero-order valence-electron chi connectivity index (χ0n) is 19.7. The lowest BCUT2D eigenvalue weighted by molar-refractivity contribution is 0.165. The van der Waals surface area contributed by atoms with Gasteiger partial charge in [0.05, 0.1) is 6.61 Å². The highest BCUT2D eigenvalue weighted by Gasteiger charge is 2.34. The maximum absolute atomic E-state index is 5.64. The van der Waals surface area contributed by atoms with E-state index in [-0.39, 0.29) is 0 Å². The van der Waals surface area contributed by atoms with Crippen molar-refractivity contribution in [3.8, 4) is 5.75 Å². The molecule has 3 rings (SSSR count). The van der Waals surface area contributed by atoms with Gasteiger partial charge >= 0.3 is 0 Å². The van der Waals surface area contributed by atoms with Gasteiger partial charge < -0.3 is 9.64 Å². The molecule has 0 bridgehead atoms. The van der Waals surface area contributed by atoms with Crippen LogP contribution in [0.2, 0.25) is 0 Å². The number of benzene rings is 2. The van der Waals surface area contributed by atoms with E-state index in [2.05, 4.69) is 94.1 Å². The van der Waals surface area contributed by atoms with Crippen molar-refractivity contribution in [3.05, 3.63) is 59.2 Å². The number of hydrogen-bond acceptors (Lipinski definition) is 2. The maximum atomic E-state index is 5.64. The van der Waals surface area contributed by atoms with E-state index >= 15 is 0 Å². The van der Waals surface area contributed by atoms with Crippen LogP contribution in [0.5, 0.6) is 5.75 Å². The van der Waals surface area contributed by atoms with Crippen LogP contribution < -0.4 is 9.64 Å². The van der Waals surface area contributed by atoms with Crippen LogP contribution in [0, 0.1) is 18.3 Å². The monoisotopic (exact) mass is 405 g/mol. The molecule has 0 spiro atoms. The van der Waals surface area contributed by atoms with Crippen LogP contribution in [0.25, 0.3) is 12.2 Å². The van der Waals surface area contributed by atoms with E-state index in [1.54, 1.807) is 0 Å². The molecule has 2 aromatic carbocycles. The Morgan fingerprint density at radius 2 is 1.67 bits per heavy atom. The smallest absolute Gasteiger partial charge is 0.122 e. The second-order valence-electron chi connectivity index (χ2n) is 9.74.